The molecule has 1 aliphatic heterocycles. The summed E-state index contributed by atoms with van der Waals surface area (Å²) in [5, 5.41) is 5.26. The molecule has 3 rings (SSSR count). The number of nitrogens with one attached hydrogen (secondary N) is 2. The van der Waals surface area contributed by atoms with Crippen LogP contribution >= 0.6 is 15.9 Å². The highest BCUT2D eigenvalue weighted by Gasteiger charge is 2.22. The molecule has 142 valence electrons. The number of carbonyl (C=O) groups excluding carboxylic acids is 2. The quantitative estimate of drug-likeness (QED) is 0.725. The van der Waals surface area contributed by atoms with Crippen LogP contribution in [-0.2, 0) is 19.4 Å². The van der Waals surface area contributed by atoms with Crippen LogP contribution in [-0.4, -0.2) is 32.6 Å². The Balaban J connectivity index is 1.67. The van der Waals surface area contributed by atoms with E-state index in [9.17, 15) is 18.0 Å². The number of amides is 2. The van der Waals surface area contributed by atoms with Gasteiger partial charge < -0.3 is 15.4 Å². The van der Waals surface area contributed by atoms with E-state index in [0.717, 1.165) is 10.0 Å². The maximum atomic E-state index is 12.5. The Labute approximate surface area is 165 Å². The zero-order chi connectivity index (χ0) is 19.6. The molecule has 2 aromatic rings. The van der Waals surface area contributed by atoms with Gasteiger partial charge in [0.15, 0.2) is 16.4 Å². The number of hydrogen-bond acceptors (Lipinski definition) is 5. The van der Waals surface area contributed by atoms with Gasteiger partial charge in [0.05, 0.1) is 22.0 Å². The highest BCUT2D eigenvalue weighted by molar-refractivity contribution is 9.10. The Hall–Kier alpha value is -2.39. The predicted molar refractivity (Wildman–Crippen MR) is 105 cm³/mol. The van der Waals surface area contributed by atoms with Crippen LogP contribution in [0.5, 0.6) is 5.75 Å². The Morgan fingerprint density at radius 3 is 2.78 bits per heavy atom. The SMILES string of the molecule is Cc1ccc(NC(=O)CCS(=O)(=O)c2ccc3c(c2)NC(=O)CO3)c(Br)c1. The monoisotopic (exact) mass is 452 g/mol. The van der Waals surface area contributed by atoms with Crippen LogP contribution in [0.15, 0.2) is 45.8 Å². The fraction of sp³-hybridized carbons (Fsp3) is 0.222. The molecule has 1 heterocycles. The van der Waals surface area contributed by atoms with Gasteiger partial charge in [-0.05, 0) is 58.7 Å². The molecule has 0 aliphatic carbocycles. The Morgan fingerprint density at radius 2 is 2.04 bits per heavy atom. The Morgan fingerprint density at radius 1 is 1.26 bits per heavy atom. The van der Waals surface area contributed by atoms with E-state index in [1.165, 1.54) is 18.2 Å². The summed E-state index contributed by atoms with van der Waals surface area (Å²) in [6.07, 6.45) is -0.192. The number of rotatable bonds is 5. The minimum absolute atomic E-state index is 0.0244. The van der Waals surface area contributed by atoms with Gasteiger partial charge in [-0.1, -0.05) is 6.07 Å². The van der Waals surface area contributed by atoms with Crippen LogP contribution in [0.2, 0.25) is 0 Å². The summed E-state index contributed by atoms with van der Waals surface area (Å²) in [4.78, 5) is 23.5. The largest absolute Gasteiger partial charge is 0.482 e. The molecule has 27 heavy (non-hydrogen) atoms. The number of carbonyl (C=O) groups is 2. The second-order valence-electron chi connectivity index (χ2n) is 6.10. The summed E-state index contributed by atoms with van der Waals surface area (Å²) in [5.74, 6) is -0.691. The van der Waals surface area contributed by atoms with Crippen molar-refractivity contribution in [2.24, 2.45) is 0 Å². The van der Waals surface area contributed by atoms with Crippen molar-refractivity contribution in [3.8, 4) is 5.75 Å². The van der Waals surface area contributed by atoms with E-state index in [1.807, 2.05) is 19.1 Å². The minimum atomic E-state index is -3.69. The summed E-state index contributed by atoms with van der Waals surface area (Å²) in [5.41, 5.74) is 1.92. The van der Waals surface area contributed by atoms with Gasteiger partial charge in [0.1, 0.15) is 5.75 Å². The smallest absolute Gasteiger partial charge is 0.262 e. The van der Waals surface area contributed by atoms with E-state index in [4.69, 9.17) is 4.74 Å². The molecular formula is C18H17BrN2O5S. The number of hydrogen-bond donors (Lipinski definition) is 2. The van der Waals surface area contributed by atoms with Crippen LogP contribution in [0.1, 0.15) is 12.0 Å². The lowest BCUT2D eigenvalue weighted by Gasteiger charge is -2.18. The average molecular weight is 453 g/mol. The topological polar surface area (TPSA) is 102 Å². The van der Waals surface area contributed by atoms with Gasteiger partial charge in [-0.3, -0.25) is 9.59 Å². The Bertz CT molecular complexity index is 1020. The van der Waals surface area contributed by atoms with Gasteiger partial charge in [0, 0.05) is 10.9 Å². The van der Waals surface area contributed by atoms with Crippen molar-refractivity contribution >= 4 is 49.0 Å². The van der Waals surface area contributed by atoms with Crippen molar-refractivity contribution < 1.29 is 22.7 Å². The van der Waals surface area contributed by atoms with Crippen LogP contribution in [0.25, 0.3) is 0 Å². The fourth-order valence-electron chi connectivity index (χ4n) is 2.53. The van der Waals surface area contributed by atoms with E-state index in [2.05, 4.69) is 26.6 Å². The normalized spacial score (nSPS) is 13.3. The summed E-state index contributed by atoms with van der Waals surface area (Å²) < 4.78 is 31.0. The van der Waals surface area contributed by atoms with Crippen LogP contribution in [0.3, 0.4) is 0 Å². The van der Waals surface area contributed by atoms with Crippen molar-refractivity contribution in [2.45, 2.75) is 18.2 Å². The van der Waals surface area contributed by atoms with Crippen LogP contribution in [0, 0.1) is 6.92 Å². The summed E-state index contributed by atoms with van der Waals surface area (Å²) >= 11 is 3.36. The lowest BCUT2D eigenvalue weighted by Crippen LogP contribution is -2.25. The first-order valence-electron chi connectivity index (χ1n) is 8.10. The number of anilines is 2. The number of benzene rings is 2. The number of ether oxygens (including phenoxy) is 1. The zero-order valence-electron chi connectivity index (χ0n) is 14.4. The standard InChI is InChI=1S/C18H17BrN2O5S/c1-11-2-4-14(13(19)8-11)20-17(22)6-7-27(24,25)12-3-5-16-15(9-12)21-18(23)10-26-16/h2-5,8-9H,6-7,10H2,1H3,(H,20,22)(H,21,23). The average Bonchev–Trinajstić information content (AvgIpc) is 2.62. The molecule has 2 aromatic carbocycles. The van der Waals surface area contributed by atoms with Crippen molar-refractivity contribution in [3.05, 3.63) is 46.4 Å². The van der Waals surface area contributed by atoms with Gasteiger partial charge in [-0.2, -0.15) is 0 Å². The molecule has 0 spiro atoms. The van der Waals surface area contributed by atoms with E-state index >= 15 is 0 Å². The lowest BCUT2D eigenvalue weighted by molar-refractivity contribution is -0.118. The van der Waals surface area contributed by atoms with Gasteiger partial charge in [0.2, 0.25) is 5.91 Å². The number of halogens is 1. The molecule has 2 N–H and O–H groups in total. The molecule has 9 heteroatoms. The predicted octanol–water partition coefficient (Wildman–Crippen LogP) is 2.89. The summed E-state index contributed by atoms with van der Waals surface area (Å²) in [6.45, 7) is 1.82. The minimum Gasteiger partial charge on any atom is -0.482 e. The van der Waals surface area contributed by atoms with Gasteiger partial charge in [0.25, 0.3) is 5.91 Å². The third-order valence-electron chi connectivity index (χ3n) is 3.94. The van der Waals surface area contributed by atoms with Crippen molar-refractivity contribution in [1.82, 2.24) is 0 Å². The second-order valence-corrected chi connectivity index (χ2v) is 9.06. The van der Waals surface area contributed by atoms with E-state index in [-0.39, 0.29) is 29.6 Å². The molecule has 1 aliphatic rings. The first-order valence-corrected chi connectivity index (χ1v) is 10.5. The van der Waals surface area contributed by atoms with Crippen LogP contribution in [0.4, 0.5) is 11.4 Å². The third-order valence-corrected chi connectivity index (χ3v) is 6.31. The van der Waals surface area contributed by atoms with Crippen molar-refractivity contribution in [2.75, 3.05) is 23.0 Å². The molecule has 0 radical (unpaired) electrons. The number of fused-ring (bicyclic) bond motifs is 1. The van der Waals surface area contributed by atoms with Crippen molar-refractivity contribution in [1.29, 1.82) is 0 Å². The van der Waals surface area contributed by atoms with Gasteiger partial charge in [-0.15, -0.1) is 0 Å². The highest BCUT2D eigenvalue weighted by Crippen LogP contribution is 2.30. The van der Waals surface area contributed by atoms with E-state index in [0.29, 0.717) is 17.1 Å². The molecule has 0 saturated heterocycles. The molecular weight excluding hydrogens is 436 g/mol. The number of aryl methyl sites for hydroxylation is 1. The molecule has 0 atom stereocenters. The lowest BCUT2D eigenvalue weighted by atomic mass is 10.2. The van der Waals surface area contributed by atoms with E-state index in [1.54, 1.807) is 6.07 Å². The first-order chi connectivity index (χ1) is 12.7. The summed E-state index contributed by atoms with van der Waals surface area (Å²) in [7, 11) is -3.69. The molecule has 0 bridgehead atoms. The molecule has 0 aromatic heterocycles. The fourth-order valence-corrected chi connectivity index (χ4v) is 4.39. The third kappa shape index (κ3) is 4.67. The zero-order valence-corrected chi connectivity index (χ0v) is 16.8. The highest BCUT2D eigenvalue weighted by atomic mass is 79.9. The molecule has 0 fully saturated rings. The first kappa shape index (κ1) is 19.4. The van der Waals surface area contributed by atoms with Crippen LogP contribution < -0.4 is 15.4 Å². The van der Waals surface area contributed by atoms with Gasteiger partial charge >= 0.3 is 0 Å². The molecule has 0 unspecified atom stereocenters. The van der Waals surface area contributed by atoms with Crippen molar-refractivity contribution in [3.63, 3.8) is 0 Å². The van der Waals surface area contributed by atoms with Gasteiger partial charge in [-0.25, -0.2) is 8.42 Å². The molecule has 7 nitrogen and oxygen atoms in total. The second kappa shape index (κ2) is 7.69. The Kier molecular flexibility index (Phi) is 5.52. The molecule has 0 saturated carbocycles. The maximum Gasteiger partial charge on any atom is 0.262 e. The number of sulfone groups is 1. The maximum absolute atomic E-state index is 12.5. The summed E-state index contributed by atoms with van der Waals surface area (Å²) in [6, 6.07) is 9.69. The molecule has 2 amide bonds. The van der Waals surface area contributed by atoms with E-state index < -0.39 is 15.7 Å².